The van der Waals surface area contributed by atoms with Crippen LogP contribution in [-0.2, 0) is 14.5 Å². The number of thioether (sulfide) groups is 1. The molecule has 2 aliphatic rings. The summed E-state index contributed by atoms with van der Waals surface area (Å²) in [7, 11) is 0. The lowest BCUT2D eigenvalue weighted by Crippen LogP contribution is -2.47. The minimum absolute atomic E-state index is 0.0910. The van der Waals surface area contributed by atoms with E-state index in [2.05, 4.69) is 5.32 Å². The molecule has 122 valence electrons. The summed E-state index contributed by atoms with van der Waals surface area (Å²) in [5.41, 5.74) is 3.13. The first-order chi connectivity index (χ1) is 11.4. The van der Waals surface area contributed by atoms with Gasteiger partial charge < -0.3 is 5.32 Å². The van der Waals surface area contributed by atoms with E-state index >= 15 is 0 Å². The Balaban J connectivity index is 1.95. The number of halogens is 1. The zero-order chi connectivity index (χ0) is 17.1. The maximum Gasteiger partial charge on any atom is 0.266 e. The highest BCUT2D eigenvalue weighted by atomic mass is 35.5. The largest absolute Gasteiger partial charge is 0.323 e. The lowest BCUT2D eigenvalue weighted by Gasteiger charge is -2.32. The van der Waals surface area contributed by atoms with Crippen molar-refractivity contribution in [2.75, 3.05) is 10.2 Å². The van der Waals surface area contributed by atoms with Crippen molar-refractivity contribution < 1.29 is 9.59 Å². The molecule has 0 radical (unpaired) electrons. The standard InChI is InChI=1S/C18H15ClN2O2S/c1-10-7-8-12(9-14(10)19)21-16(22)11(2)24-18(21)13-5-3-4-6-15(13)20-17(18)23/h3-9,11H,1-2H3,(H,20,23). The van der Waals surface area contributed by atoms with Crippen molar-refractivity contribution in [3.05, 3.63) is 58.6 Å². The van der Waals surface area contributed by atoms with Crippen molar-refractivity contribution in [1.82, 2.24) is 0 Å². The number of nitrogens with one attached hydrogen (secondary N) is 1. The van der Waals surface area contributed by atoms with Crippen molar-refractivity contribution in [2.24, 2.45) is 0 Å². The number of rotatable bonds is 1. The zero-order valence-corrected chi connectivity index (χ0v) is 14.7. The molecule has 2 aliphatic heterocycles. The molecule has 1 saturated heterocycles. The molecule has 2 atom stereocenters. The van der Waals surface area contributed by atoms with Gasteiger partial charge in [0.05, 0.1) is 5.25 Å². The van der Waals surface area contributed by atoms with E-state index in [1.807, 2.05) is 50.2 Å². The zero-order valence-electron chi connectivity index (χ0n) is 13.2. The summed E-state index contributed by atoms with van der Waals surface area (Å²) in [5, 5.41) is 3.17. The van der Waals surface area contributed by atoms with Gasteiger partial charge in [-0.3, -0.25) is 14.5 Å². The van der Waals surface area contributed by atoms with Crippen LogP contribution in [-0.4, -0.2) is 17.1 Å². The van der Waals surface area contributed by atoms with Crippen molar-refractivity contribution in [1.29, 1.82) is 0 Å². The molecule has 1 N–H and O–H groups in total. The highest BCUT2D eigenvalue weighted by Crippen LogP contribution is 2.56. The van der Waals surface area contributed by atoms with Gasteiger partial charge >= 0.3 is 0 Å². The molecule has 1 fully saturated rings. The highest BCUT2D eigenvalue weighted by Gasteiger charge is 2.60. The summed E-state index contributed by atoms with van der Waals surface area (Å²) < 4.78 is 0. The Morgan fingerprint density at radius 2 is 1.96 bits per heavy atom. The van der Waals surface area contributed by atoms with Gasteiger partial charge in [0.25, 0.3) is 5.91 Å². The monoisotopic (exact) mass is 358 g/mol. The summed E-state index contributed by atoms with van der Waals surface area (Å²) >= 11 is 7.63. The van der Waals surface area contributed by atoms with Crippen molar-refractivity contribution >= 4 is 46.6 Å². The van der Waals surface area contributed by atoms with Gasteiger partial charge in [0, 0.05) is 22.0 Å². The number of carbonyl (C=O) groups is 2. The Labute approximate surface area is 149 Å². The molecule has 24 heavy (non-hydrogen) atoms. The first-order valence-corrected chi connectivity index (χ1v) is 8.90. The Bertz CT molecular complexity index is 885. The van der Waals surface area contributed by atoms with E-state index in [9.17, 15) is 9.59 Å². The summed E-state index contributed by atoms with van der Waals surface area (Å²) in [6.45, 7) is 3.74. The molecule has 2 aromatic rings. The maximum absolute atomic E-state index is 12.9. The van der Waals surface area contributed by atoms with E-state index in [4.69, 9.17) is 11.6 Å². The summed E-state index contributed by atoms with van der Waals surface area (Å²) in [4.78, 5) is 26.3. The summed E-state index contributed by atoms with van der Waals surface area (Å²) in [5.74, 6) is -0.283. The number of fused-ring (bicyclic) bond motifs is 2. The first-order valence-electron chi connectivity index (χ1n) is 7.64. The minimum atomic E-state index is -1.08. The van der Waals surface area contributed by atoms with Crippen molar-refractivity contribution in [3.8, 4) is 0 Å². The van der Waals surface area contributed by atoms with E-state index in [1.54, 1.807) is 11.0 Å². The van der Waals surface area contributed by atoms with E-state index in [0.29, 0.717) is 10.7 Å². The number of amides is 2. The molecule has 0 aliphatic carbocycles. The quantitative estimate of drug-likeness (QED) is 0.840. The number of hydrogen-bond donors (Lipinski definition) is 1. The van der Waals surface area contributed by atoms with E-state index < -0.39 is 4.87 Å². The van der Waals surface area contributed by atoms with Crippen molar-refractivity contribution in [3.63, 3.8) is 0 Å². The Morgan fingerprint density at radius 1 is 1.21 bits per heavy atom. The number of hydrogen-bond acceptors (Lipinski definition) is 3. The fourth-order valence-electron chi connectivity index (χ4n) is 3.28. The fourth-order valence-corrected chi connectivity index (χ4v) is 4.94. The summed E-state index contributed by atoms with van der Waals surface area (Å²) in [6, 6.07) is 13.0. The highest BCUT2D eigenvalue weighted by molar-refractivity contribution is 8.03. The third-order valence-corrected chi connectivity index (χ3v) is 6.38. The van der Waals surface area contributed by atoms with Crippen LogP contribution in [0.5, 0.6) is 0 Å². The van der Waals surface area contributed by atoms with Gasteiger partial charge in [0.15, 0.2) is 0 Å². The van der Waals surface area contributed by atoms with Crippen LogP contribution in [0.4, 0.5) is 11.4 Å². The van der Waals surface area contributed by atoms with Gasteiger partial charge in [-0.1, -0.05) is 35.9 Å². The molecule has 2 heterocycles. The topological polar surface area (TPSA) is 49.4 Å². The van der Waals surface area contributed by atoms with Crippen LogP contribution >= 0.6 is 23.4 Å². The van der Waals surface area contributed by atoms with Gasteiger partial charge in [0.1, 0.15) is 0 Å². The van der Waals surface area contributed by atoms with Gasteiger partial charge in [-0.2, -0.15) is 0 Å². The van der Waals surface area contributed by atoms with E-state index in [1.165, 1.54) is 11.8 Å². The Morgan fingerprint density at radius 3 is 2.71 bits per heavy atom. The van der Waals surface area contributed by atoms with Crippen LogP contribution < -0.4 is 10.2 Å². The second kappa shape index (κ2) is 5.26. The number of benzene rings is 2. The van der Waals surface area contributed by atoms with Crippen molar-refractivity contribution in [2.45, 2.75) is 24.0 Å². The van der Waals surface area contributed by atoms with Crippen LogP contribution in [0.3, 0.4) is 0 Å². The lowest BCUT2D eigenvalue weighted by atomic mass is 10.0. The molecule has 6 heteroatoms. The summed E-state index contributed by atoms with van der Waals surface area (Å²) in [6.07, 6.45) is 0. The van der Waals surface area contributed by atoms with Crippen LogP contribution in [0.2, 0.25) is 5.02 Å². The molecule has 0 saturated carbocycles. The fraction of sp³-hybridized carbons (Fsp3) is 0.222. The van der Waals surface area contributed by atoms with E-state index in [-0.39, 0.29) is 17.1 Å². The first kappa shape index (κ1) is 15.5. The maximum atomic E-state index is 12.9. The van der Waals surface area contributed by atoms with Gasteiger partial charge in [-0.25, -0.2) is 0 Å². The third kappa shape index (κ3) is 1.95. The third-order valence-electron chi connectivity index (χ3n) is 4.49. The predicted octanol–water partition coefficient (Wildman–Crippen LogP) is 3.92. The molecule has 2 aromatic carbocycles. The average Bonchev–Trinajstić information content (AvgIpc) is 2.98. The normalized spacial score (nSPS) is 25.3. The number of carbonyl (C=O) groups excluding carboxylic acids is 2. The van der Waals surface area contributed by atoms with Gasteiger partial charge in [0.2, 0.25) is 10.8 Å². The number of anilines is 2. The molecule has 4 nitrogen and oxygen atoms in total. The lowest BCUT2D eigenvalue weighted by molar-refractivity contribution is -0.122. The Hall–Kier alpha value is -1.98. The molecule has 1 spiro atoms. The second-order valence-electron chi connectivity index (χ2n) is 6.01. The SMILES string of the molecule is Cc1ccc(N2C(=O)C(C)SC23C(=O)Nc2ccccc23)cc1Cl. The number of para-hydroxylation sites is 1. The smallest absolute Gasteiger partial charge is 0.266 e. The molecule has 0 aromatic heterocycles. The number of nitrogens with zero attached hydrogens (tertiary/aromatic N) is 1. The van der Waals surface area contributed by atoms with Crippen LogP contribution in [0.1, 0.15) is 18.1 Å². The van der Waals surface area contributed by atoms with Gasteiger partial charge in [-0.15, -0.1) is 11.8 Å². The Kier molecular flexibility index (Phi) is 3.41. The van der Waals surface area contributed by atoms with Crippen LogP contribution in [0, 0.1) is 6.92 Å². The van der Waals surface area contributed by atoms with Crippen LogP contribution in [0.25, 0.3) is 0 Å². The predicted molar refractivity (Wildman–Crippen MR) is 97.5 cm³/mol. The molecule has 2 amide bonds. The van der Waals surface area contributed by atoms with Crippen LogP contribution in [0.15, 0.2) is 42.5 Å². The molecular formula is C18H15ClN2O2S. The van der Waals surface area contributed by atoms with Gasteiger partial charge in [-0.05, 0) is 37.6 Å². The molecule has 4 rings (SSSR count). The molecule has 0 bridgehead atoms. The van der Waals surface area contributed by atoms with E-state index in [0.717, 1.165) is 16.8 Å². The minimum Gasteiger partial charge on any atom is -0.323 e. The molecule has 2 unspecified atom stereocenters. The molecular weight excluding hydrogens is 344 g/mol. The second-order valence-corrected chi connectivity index (χ2v) is 7.95. The average molecular weight is 359 g/mol. The number of aryl methyl sites for hydroxylation is 1.